The molecule has 0 saturated carbocycles. The number of aldehydes is 1. The standard InChI is InChI=1S/C16H12O2/c17-11-16-14(10-12-6-2-1-3-7-12)13-8-4-5-9-15(13)18-16/h1-9,11H,10H2. The van der Waals surface area contributed by atoms with E-state index < -0.39 is 0 Å². The molecular weight excluding hydrogens is 224 g/mol. The van der Waals surface area contributed by atoms with Gasteiger partial charge in [0.25, 0.3) is 0 Å². The number of rotatable bonds is 3. The maximum Gasteiger partial charge on any atom is 0.185 e. The van der Waals surface area contributed by atoms with Gasteiger partial charge in [-0.25, -0.2) is 0 Å². The highest BCUT2D eigenvalue weighted by Crippen LogP contribution is 2.26. The van der Waals surface area contributed by atoms with Gasteiger partial charge in [0.05, 0.1) is 0 Å². The quantitative estimate of drug-likeness (QED) is 0.647. The van der Waals surface area contributed by atoms with Crippen LogP contribution in [0.2, 0.25) is 0 Å². The first-order valence-electron chi connectivity index (χ1n) is 5.88. The van der Waals surface area contributed by atoms with Crippen molar-refractivity contribution in [2.45, 2.75) is 6.42 Å². The Balaban J connectivity index is 2.12. The minimum Gasteiger partial charge on any atom is -0.453 e. The minimum atomic E-state index is 0.431. The summed E-state index contributed by atoms with van der Waals surface area (Å²) in [7, 11) is 0. The molecule has 0 saturated heterocycles. The minimum absolute atomic E-state index is 0.431. The number of carbonyl (C=O) groups is 1. The molecule has 1 aromatic heterocycles. The molecule has 0 aliphatic heterocycles. The molecule has 18 heavy (non-hydrogen) atoms. The van der Waals surface area contributed by atoms with E-state index in [1.165, 1.54) is 5.56 Å². The number of benzene rings is 2. The van der Waals surface area contributed by atoms with Crippen LogP contribution in [-0.4, -0.2) is 6.29 Å². The van der Waals surface area contributed by atoms with E-state index in [1.54, 1.807) is 0 Å². The van der Waals surface area contributed by atoms with E-state index in [1.807, 2.05) is 42.5 Å². The maximum atomic E-state index is 11.1. The Morgan fingerprint density at radius 3 is 2.44 bits per heavy atom. The molecular formula is C16H12O2. The molecule has 0 bridgehead atoms. The molecule has 0 unspecified atom stereocenters. The molecule has 0 radical (unpaired) electrons. The third kappa shape index (κ3) is 1.82. The van der Waals surface area contributed by atoms with E-state index >= 15 is 0 Å². The van der Waals surface area contributed by atoms with Crippen LogP contribution in [0.15, 0.2) is 59.0 Å². The predicted octanol–water partition coefficient (Wildman–Crippen LogP) is 3.84. The molecule has 3 aromatic rings. The van der Waals surface area contributed by atoms with Crippen molar-refractivity contribution in [3.63, 3.8) is 0 Å². The van der Waals surface area contributed by atoms with Gasteiger partial charge >= 0.3 is 0 Å². The van der Waals surface area contributed by atoms with Crippen LogP contribution >= 0.6 is 0 Å². The lowest BCUT2D eigenvalue weighted by Crippen LogP contribution is -1.90. The van der Waals surface area contributed by atoms with Crippen molar-refractivity contribution in [1.82, 2.24) is 0 Å². The Hall–Kier alpha value is -2.35. The van der Waals surface area contributed by atoms with Crippen LogP contribution in [0.5, 0.6) is 0 Å². The molecule has 2 nitrogen and oxygen atoms in total. The van der Waals surface area contributed by atoms with Crippen LogP contribution in [0.1, 0.15) is 21.7 Å². The second-order valence-corrected chi connectivity index (χ2v) is 4.22. The van der Waals surface area contributed by atoms with E-state index in [2.05, 4.69) is 12.1 Å². The summed E-state index contributed by atoms with van der Waals surface area (Å²) in [6.45, 7) is 0. The summed E-state index contributed by atoms with van der Waals surface area (Å²) in [5.74, 6) is 0.431. The fourth-order valence-electron chi connectivity index (χ4n) is 2.20. The number of furan rings is 1. The van der Waals surface area contributed by atoms with Crippen LogP contribution in [-0.2, 0) is 6.42 Å². The molecule has 1 heterocycles. The van der Waals surface area contributed by atoms with Gasteiger partial charge in [0.2, 0.25) is 0 Å². The molecule has 0 aliphatic carbocycles. The predicted molar refractivity (Wildman–Crippen MR) is 70.8 cm³/mol. The lowest BCUT2D eigenvalue weighted by Gasteiger charge is -2.00. The van der Waals surface area contributed by atoms with E-state index in [0.717, 1.165) is 22.8 Å². The second-order valence-electron chi connectivity index (χ2n) is 4.22. The van der Waals surface area contributed by atoms with E-state index in [0.29, 0.717) is 12.2 Å². The lowest BCUT2D eigenvalue weighted by atomic mass is 10.0. The smallest absolute Gasteiger partial charge is 0.185 e. The first-order chi connectivity index (χ1) is 8.88. The van der Waals surface area contributed by atoms with E-state index in [-0.39, 0.29) is 0 Å². The van der Waals surface area contributed by atoms with Crippen LogP contribution in [0.3, 0.4) is 0 Å². The number of fused-ring (bicyclic) bond motifs is 1. The molecule has 0 spiro atoms. The van der Waals surface area contributed by atoms with Gasteiger partial charge in [-0.2, -0.15) is 0 Å². The SMILES string of the molecule is O=Cc1oc2ccccc2c1Cc1ccccc1. The monoisotopic (exact) mass is 236 g/mol. The summed E-state index contributed by atoms with van der Waals surface area (Å²) >= 11 is 0. The highest BCUT2D eigenvalue weighted by molar-refractivity contribution is 5.89. The number of hydrogen-bond donors (Lipinski definition) is 0. The Morgan fingerprint density at radius 2 is 1.67 bits per heavy atom. The molecule has 2 heteroatoms. The molecule has 3 rings (SSSR count). The van der Waals surface area contributed by atoms with Crippen LogP contribution < -0.4 is 0 Å². The normalized spacial score (nSPS) is 10.7. The van der Waals surface area contributed by atoms with E-state index in [4.69, 9.17) is 4.42 Å². The highest BCUT2D eigenvalue weighted by Gasteiger charge is 2.13. The average Bonchev–Trinajstić information content (AvgIpc) is 2.78. The van der Waals surface area contributed by atoms with Gasteiger partial charge < -0.3 is 4.42 Å². The largest absolute Gasteiger partial charge is 0.453 e. The Kier molecular flexibility index (Phi) is 2.69. The zero-order valence-corrected chi connectivity index (χ0v) is 9.80. The zero-order chi connectivity index (χ0) is 12.4. The number of para-hydroxylation sites is 1. The van der Waals surface area contributed by atoms with Gasteiger partial charge in [0, 0.05) is 17.4 Å². The zero-order valence-electron chi connectivity index (χ0n) is 9.80. The molecule has 0 N–H and O–H groups in total. The summed E-state index contributed by atoms with van der Waals surface area (Å²) in [4.78, 5) is 11.1. The van der Waals surface area contributed by atoms with Crippen LogP contribution in [0.4, 0.5) is 0 Å². The Labute approximate surface area is 105 Å². The highest BCUT2D eigenvalue weighted by atomic mass is 16.3. The van der Waals surface area contributed by atoms with Crippen LogP contribution in [0.25, 0.3) is 11.0 Å². The first-order valence-corrected chi connectivity index (χ1v) is 5.88. The summed E-state index contributed by atoms with van der Waals surface area (Å²) < 4.78 is 5.55. The third-order valence-electron chi connectivity index (χ3n) is 3.06. The molecule has 0 atom stereocenters. The van der Waals surface area contributed by atoms with Crippen molar-refractivity contribution in [2.75, 3.05) is 0 Å². The maximum absolute atomic E-state index is 11.1. The topological polar surface area (TPSA) is 30.2 Å². The molecule has 0 amide bonds. The lowest BCUT2D eigenvalue weighted by molar-refractivity contribution is 0.110. The second kappa shape index (κ2) is 4.49. The van der Waals surface area contributed by atoms with Crippen molar-refractivity contribution in [3.05, 3.63) is 71.5 Å². The van der Waals surface area contributed by atoms with Gasteiger partial charge in [-0.15, -0.1) is 0 Å². The summed E-state index contributed by atoms with van der Waals surface area (Å²) in [6.07, 6.45) is 1.50. The van der Waals surface area contributed by atoms with Gasteiger partial charge in [-0.3, -0.25) is 4.79 Å². The van der Waals surface area contributed by atoms with Crippen molar-refractivity contribution < 1.29 is 9.21 Å². The molecule has 0 aliphatic rings. The van der Waals surface area contributed by atoms with Crippen molar-refractivity contribution in [2.24, 2.45) is 0 Å². The van der Waals surface area contributed by atoms with Gasteiger partial charge in [0.15, 0.2) is 12.0 Å². The summed E-state index contributed by atoms with van der Waals surface area (Å²) in [5.41, 5.74) is 2.91. The van der Waals surface area contributed by atoms with Gasteiger partial charge in [0.1, 0.15) is 5.58 Å². The molecule has 88 valence electrons. The summed E-state index contributed by atoms with van der Waals surface area (Å²) in [5, 5.41) is 1.02. The summed E-state index contributed by atoms with van der Waals surface area (Å²) in [6, 6.07) is 17.8. The Morgan fingerprint density at radius 1 is 0.944 bits per heavy atom. The average molecular weight is 236 g/mol. The van der Waals surface area contributed by atoms with Gasteiger partial charge in [-0.1, -0.05) is 48.5 Å². The van der Waals surface area contributed by atoms with Crippen molar-refractivity contribution in [1.29, 1.82) is 0 Å². The van der Waals surface area contributed by atoms with Crippen LogP contribution in [0, 0.1) is 0 Å². The fourth-order valence-corrected chi connectivity index (χ4v) is 2.20. The third-order valence-corrected chi connectivity index (χ3v) is 3.06. The number of carbonyl (C=O) groups excluding carboxylic acids is 1. The fraction of sp³-hybridized carbons (Fsp3) is 0.0625. The first kappa shape index (κ1) is 10.8. The van der Waals surface area contributed by atoms with Crippen molar-refractivity contribution >= 4 is 17.3 Å². The molecule has 2 aromatic carbocycles. The number of hydrogen-bond acceptors (Lipinski definition) is 2. The Bertz CT molecular complexity index is 681. The van der Waals surface area contributed by atoms with Crippen molar-refractivity contribution in [3.8, 4) is 0 Å². The molecule has 0 fully saturated rings. The van der Waals surface area contributed by atoms with E-state index in [9.17, 15) is 4.79 Å². The van der Waals surface area contributed by atoms with Gasteiger partial charge in [-0.05, 0) is 11.6 Å².